The minimum atomic E-state index is -4.70. The van der Waals surface area contributed by atoms with Gasteiger partial charge in [-0.3, -0.25) is 0 Å². The van der Waals surface area contributed by atoms with Crippen molar-refractivity contribution in [3.63, 3.8) is 0 Å². The first-order valence-corrected chi connectivity index (χ1v) is 14.6. The molecule has 0 heterocycles. The molecule has 0 fully saturated rings. The molecule has 0 amide bonds. The predicted octanol–water partition coefficient (Wildman–Crippen LogP) is 1.01. The van der Waals surface area contributed by atoms with Crippen LogP contribution in [0.5, 0.6) is 11.5 Å². The van der Waals surface area contributed by atoms with Gasteiger partial charge in [0.15, 0.2) is 0 Å². The van der Waals surface area contributed by atoms with Crippen LogP contribution in [0.4, 0.5) is 11.4 Å². The van der Waals surface area contributed by atoms with Crippen LogP contribution in [0, 0.1) is 0 Å². The average molecular weight is 635 g/mol. The van der Waals surface area contributed by atoms with Gasteiger partial charge in [-0.05, 0) is 78.2 Å². The molecule has 0 atom stereocenters. The molecule has 0 radical (unpaired) electrons. The molecular weight excluding hydrogens is 608 g/mol. The minimum absolute atomic E-state index is 0.593. The summed E-state index contributed by atoms with van der Waals surface area (Å²) in [5, 5.41) is 35.0. The fourth-order valence-electron chi connectivity index (χ4n) is 3.23. The molecule has 0 aliphatic heterocycles. The third-order valence-corrected chi connectivity index (χ3v) is 7.09. The number of aromatic hydroxyl groups is 2. The number of benzene rings is 4. The molecule has 0 aromatic heterocycles. The summed E-state index contributed by atoms with van der Waals surface area (Å²) in [6, 6.07) is 21.3. The molecule has 0 spiro atoms. The third kappa shape index (κ3) is 10.8. The van der Waals surface area contributed by atoms with E-state index in [0.29, 0.717) is 12.1 Å². The smallest absolute Gasteiger partial charge is 0.339 e. The molecule has 0 unspecified atom stereocenters. The summed E-state index contributed by atoms with van der Waals surface area (Å²) in [4.78, 5) is 19.5. The fourth-order valence-corrected chi connectivity index (χ4v) is 4.23. The lowest BCUT2D eigenvalue weighted by Gasteiger charge is -2.08. The van der Waals surface area contributed by atoms with Crippen molar-refractivity contribution in [2.45, 2.75) is 16.2 Å². The maximum Gasteiger partial charge on any atom is 0.339 e. The van der Waals surface area contributed by atoms with Crippen LogP contribution in [0.25, 0.3) is 0 Å². The van der Waals surface area contributed by atoms with Crippen molar-refractivity contribution in [3.8, 4) is 11.5 Å². The zero-order chi connectivity index (χ0) is 32.5. The van der Waals surface area contributed by atoms with Gasteiger partial charge in [0, 0.05) is 0 Å². The highest BCUT2D eigenvalue weighted by Gasteiger charge is 2.13. The lowest BCUT2D eigenvalue weighted by atomic mass is 10.0. The molecule has 4 aromatic rings. The SMILES string of the molecule is O=C(O)c1cc(S(=O)(=O)[O-])ccc1O.O=C(O)c1cc(S(=O)(=O)[O-])ccc1O.[NH3+]c1ccc(Cc2ccc([NH3+])cc2)cc1. The van der Waals surface area contributed by atoms with Crippen molar-refractivity contribution < 1.29 is 67.4 Å². The Hall–Kier alpha value is -4.84. The molecule has 0 saturated heterocycles. The number of hydrogen-bond donors (Lipinski definition) is 6. The molecule has 0 bridgehead atoms. The summed E-state index contributed by atoms with van der Waals surface area (Å²) in [6.07, 6.45) is 0.973. The van der Waals surface area contributed by atoms with Gasteiger partial charge in [0.05, 0.1) is 9.79 Å². The molecule has 0 saturated carbocycles. The van der Waals surface area contributed by atoms with Gasteiger partial charge >= 0.3 is 11.9 Å². The first kappa shape index (κ1) is 34.4. The van der Waals surface area contributed by atoms with Gasteiger partial charge < -0.3 is 41.0 Å². The average Bonchev–Trinajstić information content (AvgIpc) is 2.91. The second-order valence-corrected chi connectivity index (χ2v) is 11.4. The lowest BCUT2D eigenvalue weighted by molar-refractivity contribution is -0.255. The van der Waals surface area contributed by atoms with E-state index < -0.39 is 64.6 Å². The van der Waals surface area contributed by atoms with Crippen LogP contribution in [0.2, 0.25) is 0 Å². The minimum Gasteiger partial charge on any atom is -0.744 e. The number of hydrogen-bond acceptors (Lipinski definition) is 10. The second-order valence-electron chi connectivity index (χ2n) is 8.69. The van der Waals surface area contributed by atoms with Crippen LogP contribution in [0.15, 0.2) is 94.7 Å². The van der Waals surface area contributed by atoms with E-state index in [0.717, 1.165) is 42.1 Å². The highest BCUT2D eigenvalue weighted by atomic mass is 32.2. The molecule has 0 aliphatic rings. The lowest BCUT2D eigenvalue weighted by Crippen LogP contribution is -2.39. The first-order chi connectivity index (χ1) is 19.9. The van der Waals surface area contributed by atoms with Gasteiger partial charge in [-0.1, -0.05) is 24.3 Å². The Kier molecular flexibility index (Phi) is 11.5. The number of phenols is 2. The maximum absolute atomic E-state index is 10.5. The van der Waals surface area contributed by atoms with E-state index in [-0.39, 0.29) is 0 Å². The van der Waals surface area contributed by atoms with E-state index in [4.69, 9.17) is 20.4 Å². The quantitative estimate of drug-likeness (QED) is 0.162. The highest BCUT2D eigenvalue weighted by Crippen LogP contribution is 2.22. The second kappa shape index (κ2) is 14.4. The molecule has 0 aliphatic carbocycles. The van der Waals surface area contributed by atoms with Crippen LogP contribution in [-0.2, 0) is 26.7 Å². The highest BCUT2D eigenvalue weighted by molar-refractivity contribution is 7.86. The zero-order valence-electron chi connectivity index (χ0n) is 22.1. The van der Waals surface area contributed by atoms with Crippen LogP contribution in [0.1, 0.15) is 31.8 Å². The standard InChI is InChI=1S/C13H14N2.2C7H6O6S/c14-12-5-1-10(2-6-12)9-11-3-7-13(15)8-4-11;2*8-6-2-1-4(14(11,12)13)3-5(6)7(9)10/h1-8H,9,14-15H2;2*1-3,8H,(H,9,10)(H,11,12,13). The number of carboxylic acids is 2. The molecular formula is C27H26N2O12S2. The topological polar surface area (TPSA) is 285 Å². The van der Waals surface area contributed by atoms with Crippen LogP contribution < -0.4 is 11.5 Å². The van der Waals surface area contributed by atoms with Gasteiger partial charge in [0.2, 0.25) is 0 Å². The molecule has 43 heavy (non-hydrogen) atoms. The van der Waals surface area contributed by atoms with Crippen molar-refractivity contribution in [1.82, 2.24) is 0 Å². The van der Waals surface area contributed by atoms with E-state index in [1.54, 1.807) is 0 Å². The molecule has 14 nitrogen and oxygen atoms in total. The van der Waals surface area contributed by atoms with Crippen molar-refractivity contribution in [3.05, 3.63) is 107 Å². The number of rotatable bonds is 6. The number of carboxylic acid groups (broad SMARTS) is 2. The van der Waals surface area contributed by atoms with Crippen molar-refractivity contribution in [1.29, 1.82) is 0 Å². The Morgan fingerprint density at radius 2 is 0.884 bits per heavy atom. The van der Waals surface area contributed by atoms with Gasteiger partial charge in [0.25, 0.3) is 0 Å². The van der Waals surface area contributed by atoms with E-state index in [2.05, 4.69) is 35.7 Å². The Labute approximate surface area is 245 Å². The summed E-state index contributed by atoms with van der Waals surface area (Å²) in [5.74, 6) is -4.20. The van der Waals surface area contributed by atoms with E-state index >= 15 is 0 Å². The number of quaternary nitrogens is 2. The summed E-state index contributed by atoms with van der Waals surface area (Å²) >= 11 is 0. The first-order valence-electron chi connectivity index (χ1n) is 11.7. The molecule has 4 aromatic carbocycles. The number of carbonyl (C=O) groups is 2. The van der Waals surface area contributed by atoms with Crippen LogP contribution in [0.3, 0.4) is 0 Å². The predicted molar refractivity (Wildman–Crippen MR) is 147 cm³/mol. The van der Waals surface area contributed by atoms with Gasteiger partial charge in [-0.2, -0.15) is 0 Å². The largest absolute Gasteiger partial charge is 0.744 e. The molecule has 16 heteroatoms. The summed E-state index contributed by atoms with van der Waals surface area (Å²) < 4.78 is 62.9. The Morgan fingerprint density at radius 1 is 0.581 bits per heavy atom. The third-order valence-electron chi connectivity index (χ3n) is 5.43. The van der Waals surface area contributed by atoms with E-state index in [9.17, 15) is 35.5 Å². The summed E-state index contributed by atoms with van der Waals surface area (Å²) in [5.41, 5.74) is 11.3. The monoisotopic (exact) mass is 634 g/mol. The van der Waals surface area contributed by atoms with Gasteiger partial charge in [-0.25, -0.2) is 26.4 Å². The zero-order valence-corrected chi connectivity index (χ0v) is 23.7. The van der Waals surface area contributed by atoms with Crippen molar-refractivity contribution in [2.75, 3.05) is 0 Å². The summed E-state index contributed by atoms with van der Waals surface area (Å²) in [6.45, 7) is 0. The Morgan fingerprint density at radius 3 is 1.14 bits per heavy atom. The Balaban J connectivity index is 0.000000225. The molecule has 228 valence electrons. The molecule has 10 N–H and O–H groups in total. The van der Waals surface area contributed by atoms with Gasteiger partial charge in [-0.15, -0.1) is 0 Å². The van der Waals surface area contributed by atoms with E-state index in [1.165, 1.54) is 11.1 Å². The Bertz CT molecular complexity index is 1690. The van der Waals surface area contributed by atoms with Gasteiger partial charge in [0.1, 0.15) is 54.2 Å². The normalized spacial score (nSPS) is 10.9. The molecule has 4 rings (SSSR count). The summed E-state index contributed by atoms with van der Waals surface area (Å²) in [7, 11) is -9.40. The van der Waals surface area contributed by atoms with E-state index in [1.807, 2.05) is 24.3 Å². The number of aromatic carboxylic acids is 2. The van der Waals surface area contributed by atoms with Crippen molar-refractivity contribution in [2.24, 2.45) is 0 Å². The van der Waals surface area contributed by atoms with Crippen LogP contribution >= 0.6 is 0 Å². The fraction of sp³-hybridized carbons (Fsp3) is 0.0370. The van der Waals surface area contributed by atoms with Crippen LogP contribution in [-0.4, -0.2) is 58.3 Å². The maximum atomic E-state index is 10.5. The van der Waals surface area contributed by atoms with Crippen molar-refractivity contribution >= 4 is 43.5 Å².